The van der Waals surface area contributed by atoms with Crippen molar-refractivity contribution < 1.29 is 19.8 Å². The summed E-state index contributed by atoms with van der Waals surface area (Å²) in [5, 5.41) is 19.4. The Hall–Kier alpha value is -2.86. The highest BCUT2D eigenvalue weighted by Gasteiger charge is 2.28. The predicted molar refractivity (Wildman–Crippen MR) is 120 cm³/mol. The zero-order chi connectivity index (χ0) is 22.2. The summed E-state index contributed by atoms with van der Waals surface area (Å²) in [7, 11) is 2.00. The summed E-state index contributed by atoms with van der Waals surface area (Å²) >= 11 is 0. The van der Waals surface area contributed by atoms with Gasteiger partial charge in [-0.2, -0.15) is 0 Å². The van der Waals surface area contributed by atoms with Crippen LogP contribution in [-0.2, 0) is 16.6 Å². The Morgan fingerprint density at radius 1 is 1.19 bits per heavy atom. The summed E-state index contributed by atoms with van der Waals surface area (Å²) in [6.45, 7) is 0.681. The fourth-order valence-electron chi connectivity index (χ4n) is 4.15. The van der Waals surface area contributed by atoms with E-state index in [2.05, 4.69) is 0 Å². The van der Waals surface area contributed by atoms with Gasteiger partial charge < -0.3 is 19.7 Å². The highest BCUT2D eigenvalue weighted by Crippen LogP contribution is 2.26. The number of aromatic nitrogens is 1. The Balaban J connectivity index is 1.55. The number of rotatable bonds is 11. The molecule has 1 aliphatic heterocycles. The first-order valence-electron chi connectivity index (χ1n) is 11.0. The van der Waals surface area contributed by atoms with Crippen LogP contribution < -0.4 is 0 Å². The first-order valence-corrected chi connectivity index (χ1v) is 11.0. The van der Waals surface area contributed by atoms with Gasteiger partial charge in [0, 0.05) is 38.3 Å². The van der Waals surface area contributed by atoms with Crippen LogP contribution in [0.25, 0.3) is 11.3 Å². The van der Waals surface area contributed by atoms with Crippen molar-refractivity contribution in [2.45, 2.75) is 57.1 Å². The van der Waals surface area contributed by atoms with Crippen LogP contribution in [0.4, 0.5) is 0 Å². The number of unbranched alkanes of at least 4 members (excludes halogenated alkanes) is 3. The van der Waals surface area contributed by atoms with Crippen molar-refractivity contribution in [2.75, 3.05) is 6.54 Å². The molecule has 0 aliphatic carbocycles. The summed E-state index contributed by atoms with van der Waals surface area (Å²) in [6, 6.07) is 11.9. The lowest BCUT2D eigenvalue weighted by Crippen LogP contribution is -2.32. The van der Waals surface area contributed by atoms with Gasteiger partial charge in [0.1, 0.15) is 0 Å². The van der Waals surface area contributed by atoms with Gasteiger partial charge in [0.05, 0.1) is 12.1 Å². The molecule has 1 aliphatic rings. The van der Waals surface area contributed by atoms with Crippen molar-refractivity contribution in [2.24, 2.45) is 7.05 Å². The Morgan fingerprint density at radius 3 is 2.74 bits per heavy atom. The molecule has 0 saturated carbocycles. The second kappa shape index (κ2) is 11.0. The number of aliphatic hydroxyl groups is 1. The lowest BCUT2D eigenvalue weighted by atomic mass is 10.0. The molecule has 1 amide bonds. The molecule has 0 bridgehead atoms. The van der Waals surface area contributed by atoms with Gasteiger partial charge in [-0.25, -0.2) is 0 Å². The second-order valence-corrected chi connectivity index (χ2v) is 8.21. The maximum Gasteiger partial charge on any atom is 0.303 e. The van der Waals surface area contributed by atoms with Crippen molar-refractivity contribution in [3.63, 3.8) is 0 Å². The topological polar surface area (TPSA) is 82.8 Å². The van der Waals surface area contributed by atoms with E-state index in [1.807, 2.05) is 65.2 Å². The molecule has 1 fully saturated rings. The number of benzene rings is 1. The third-order valence-electron chi connectivity index (χ3n) is 5.90. The van der Waals surface area contributed by atoms with E-state index < -0.39 is 12.1 Å². The molecular formula is C25H32N2O4. The largest absolute Gasteiger partial charge is 0.481 e. The molecular weight excluding hydrogens is 392 g/mol. The van der Waals surface area contributed by atoms with Crippen molar-refractivity contribution >= 4 is 11.9 Å². The fourth-order valence-corrected chi connectivity index (χ4v) is 4.15. The number of aliphatic carboxylic acids is 1. The van der Waals surface area contributed by atoms with Crippen LogP contribution in [0, 0.1) is 0 Å². The molecule has 1 unspecified atom stereocenters. The minimum atomic E-state index is -0.757. The van der Waals surface area contributed by atoms with E-state index in [0.29, 0.717) is 19.4 Å². The van der Waals surface area contributed by atoms with E-state index in [-0.39, 0.29) is 18.4 Å². The van der Waals surface area contributed by atoms with Gasteiger partial charge >= 0.3 is 5.97 Å². The van der Waals surface area contributed by atoms with Crippen LogP contribution in [0.15, 0.2) is 54.7 Å². The number of likely N-dealkylation sites (tertiary alicyclic amines) is 1. The number of carbonyl (C=O) groups is 2. The highest BCUT2D eigenvalue weighted by molar-refractivity contribution is 5.79. The van der Waals surface area contributed by atoms with E-state index >= 15 is 0 Å². The molecule has 0 radical (unpaired) electrons. The van der Waals surface area contributed by atoms with Gasteiger partial charge in [-0.1, -0.05) is 43.2 Å². The van der Waals surface area contributed by atoms with Crippen LogP contribution in [0.5, 0.6) is 0 Å². The van der Waals surface area contributed by atoms with Gasteiger partial charge in [-0.05, 0) is 48.6 Å². The number of carbonyl (C=O) groups excluding carboxylic acids is 1. The molecule has 1 aromatic carbocycles. The molecule has 2 N–H and O–H groups in total. The monoisotopic (exact) mass is 424 g/mol. The lowest BCUT2D eigenvalue weighted by Gasteiger charge is -2.22. The van der Waals surface area contributed by atoms with Gasteiger partial charge in [0.15, 0.2) is 0 Å². The predicted octanol–water partition coefficient (Wildman–Crippen LogP) is 4.31. The Bertz CT molecular complexity index is 918. The average Bonchev–Trinajstić information content (AvgIpc) is 3.34. The first-order chi connectivity index (χ1) is 15.0. The van der Waals surface area contributed by atoms with Gasteiger partial charge in [0.25, 0.3) is 0 Å². The quantitative estimate of drug-likeness (QED) is 0.416. The van der Waals surface area contributed by atoms with E-state index in [1.54, 1.807) is 6.08 Å². The third-order valence-corrected chi connectivity index (χ3v) is 5.90. The standard InChI is InChI=1S/C25H32N2O4/c1-26-16-7-10-22(26)19-8-6-9-20(18-19)23(28)14-12-21-13-15-24(29)27(21)17-5-3-2-4-11-25(30)31/h6-10,12,14,16,18,21,23,28H,2-5,11,13,15,17H2,1H3,(H,30,31)/b14-12+/t21?,23-/m1/s1. The smallest absolute Gasteiger partial charge is 0.303 e. The van der Waals surface area contributed by atoms with Crippen LogP contribution in [0.1, 0.15) is 56.6 Å². The number of amides is 1. The summed E-state index contributed by atoms with van der Waals surface area (Å²) in [5.41, 5.74) is 2.97. The Morgan fingerprint density at radius 2 is 2.00 bits per heavy atom. The van der Waals surface area contributed by atoms with Crippen LogP contribution in [0.2, 0.25) is 0 Å². The molecule has 2 aromatic rings. The Kier molecular flexibility index (Phi) is 8.06. The van der Waals surface area contributed by atoms with E-state index in [1.165, 1.54) is 0 Å². The van der Waals surface area contributed by atoms with Crippen LogP contribution in [0.3, 0.4) is 0 Å². The van der Waals surface area contributed by atoms with Crippen LogP contribution >= 0.6 is 0 Å². The molecule has 1 saturated heterocycles. The summed E-state index contributed by atoms with van der Waals surface area (Å²) in [5.74, 6) is -0.604. The molecule has 6 nitrogen and oxygen atoms in total. The number of hydrogen-bond acceptors (Lipinski definition) is 3. The third kappa shape index (κ3) is 6.31. The second-order valence-electron chi connectivity index (χ2n) is 8.21. The zero-order valence-corrected chi connectivity index (χ0v) is 18.1. The maximum atomic E-state index is 12.3. The number of nitrogens with zero attached hydrogens (tertiary/aromatic N) is 2. The van der Waals surface area contributed by atoms with E-state index in [0.717, 1.165) is 42.5 Å². The lowest BCUT2D eigenvalue weighted by molar-refractivity contribution is -0.137. The summed E-state index contributed by atoms with van der Waals surface area (Å²) in [4.78, 5) is 24.7. The molecule has 31 heavy (non-hydrogen) atoms. The molecule has 1 aromatic heterocycles. The molecule has 2 atom stereocenters. The summed E-state index contributed by atoms with van der Waals surface area (Å²) in [6.07, 6.45) is 9.85. The van der Waals surface area contributed by atoms with Crippen molar-refractivity contribution in [3.8, 4) is 11.3 Å². The number of carboxylic acids is 1. The number of aliphatic hydroxyl groups excluding tert-OH is 1. The molecule has 166 valence electrons. The zero-order valence-electron chi connectivity index (χ0n) is 18.1. The SMILES string of the molecule is Cn1cccc1-c1cccc([C@H](O)/C=C/C2CCC(=O)N2CCCCCCC(=O)O)c1. The molecule has 3 rings (SSSR count). The van der Waals surface area contributed by atoms with Gasteiger partial charge in [-0.15, -0.1) is 0 Å². The number of aryl methyl sites for hydroxylation is 1. The minimum absolute atomic E-state index is 0.0113. The van der Waals surface area contributed by atoms with Crippen molar-refractivity contribution in [3.05, 3.63) is 60.3 Å². The minimum Gasteiger partial charge on any atom is -0.481 e. The average molecular weight is 425 g/mol. The van der Waals surface area contributed by atoms with Gasteiger partial charge in [-0.3, -0.25) is 9.59 Å². The number of carboxylic acid groups (broad SMARTS) is 1. The van der Waals surface area contributed by atoms with E-state index in [9.17, 15) is 14.7 Å². The number of hydrogen-bond donors (Lipinski definition) is 2. The van der Waals surface area contributed by atoms with Gasteiger partial charge in [0.2, 0.25) is 5.91 Å². The highest BCUT2D eigenvalue weighted by atomic mass is 16.4. The van der Waals surface area contributed by atoms with E-state index in [4.69, 9.17) is 5.11 Å². The van der Waals surface area contributed by atoms with Crippen LogP contribution in [-0.4, -0.2) is 44.1 Å². The van der Waals surface area contributed by atoms with Crippen molar-refractivity contribution in [1.82, 2.24) is 9.47 Å². The maximum absolute atomic E-state index is 12.3. The molecule has 0 spiro atoms. The van der Waals surface area contributed by atoms with Crippen molar-refractivity contribution in [1.29, 1.82) is 0 Å². The fraction of sp³-hybridized carbons (Fsp3) is 0.440. The Labute approximate surface area is 183 Å². The normalized spacial score (nSPS) is 17.5. The molecule has 2 heterocycles. The first kappa shape index (κ1) is 22.8. The molecule has 6 heteroatoms. The summed E-state index contributed by atoms with van der Waals surface area (Å²) < 4.78 is 2.05.